The van der Waals surface area contributed by atoms with Gasteiger partial charge in [0.1, 0.15) is 12.4 Å². The lowest BCUT2D eigenvalue weighted by atomic mass is 9.97. The monoisotopic (exact) mass is 666 g/mol. The van der Waals surface area contributed by atoms with Gasteiger partial charge in [0.25, 0.3) is 0 Å². The Morgan fingerprint density at radius 3 is 1.40 bits per heavy atom. The van der Waals surface area contributed by atoms with E-state index in [0.29, 0.717) is 19.1 Å². The standard InChI is InChI=1S/C42H83NO4/c1-6-11-15-19-23-29-40(30-24-20-16-12-7-2)46-37-38(36-44)34-35-39(43-10-5)28-27-33-42(45)47-41(31-25-21-17-13-8-3)32-26-22-18-14-9-4/h36,38-41,43H,6-35,37H2,1-5H3. The molecule has 0 radical (unpaired) electrons. The van der Waals surface area contributed by atoms with Crippen LogP contribution < -0.4 is 5.32 Å². The molecule has 47 heavy (non-hydrogen) atoms. The highest BCUT2D eigenvalue weighted by molar-refractivity contribution is 5.69. The van der Waals surface area contributed by atoms with E-state index in [1.54, 1.807) is 0 Å². The summed E-state index contributed by atoms with van der Waals surface area (Å²) in [6.45, 7) is 12.6. The van der Waals surface area contributed by atoms with Gasteiger partial charge in [-0.3, -0.25) is 4.79 Å². The summed E-state index contributed by atoms with van der Waals surface area (Å²) in [7, 11) is 0. The van der Waals surface area contributed by atoms with Crippen molar-refractivity contribution in [3.63, 3.8) is 0 Å². The topological polar surface area (TPSA) is 64.6 Å². The Balaban J connectivity index is 4.70. The Bertz CT molecular complexity index is 629. The van der Waals surface area contributed by atoms with Crippen molar-refractivity contribution >= 4 is 12.3 Å². The molecule has 0 bridgehead atoms. The van der Waals surface area contributed by atoms with Crippen molar-refractivity contribution in [1.29, 1.82) is 0 Å². The molecule has 1 N–H and O–H groups in total. The zero-order valence-electron chi connectivity index (χ0n) is 32.4. The van der Waals surface area contributed by atoms with Crippen LogP contribution in [0.25, 0.3) is 0 Å². The van der Waals surface area contributed by atoms with Gasteiger partial charge in [-0.1, -0.05) is 150 Å². The molecule has 2 unspecified atom stereocenters. The van der Waals surface area contributed by atoms with Crippen LogP contribution in [0, 0.1) is 5.92 Å². The first-order valence-corrected chi connectivity index (χ1v) is 21.0. The van der Waals surface area contributed by atoms with Gasteiger partial charge in [0.2, 0.25) is 0 Å². The molecular formula is C42H83NO4. The highest BCUT2D eigenvalue weighted by atomic mass is 16.5. The number of hydrogen-bond donors (Lipinski definition) is 1. The predicted octanol–water partition coefficient (Wildman–Crippen LogP) is 12.5. The molecule has 5 nitrogen and oxygen atoms in total. The number of ether oxygens (including phenoxy) is 2. The first-order valence-electron chi connectivity index (χ1n) is 21.0. The number of hydrogen-bond acceptors (Lipinski definition) is 5. The van der Waals surface area contributed by atoms with Gasteiger partial charge in [0, 0.05) is 18.4 Å². The second-order valence-corrected chi connectivity index (χ2v) is 14.5. The number of carbonyl (C=O) groups excluding carboxylic acids is 2. The fraction of sp³-hybridized carbons (Fsp3) is 0.952. The van der Waals surface area contributed by atoms with Gasteiger partial charge >= 0.3 is 5.97 Å². The van der Waals surface area contributed by atoms with Crippen LogP contribution in [0.5, 0.6) is 0 Å². The normalized spacial score (nSPS) is 13.0. The maximum Gasteiger partial charge on any atom is 0.306 e. The van der Waals surface area contributed by atoms with Gasteiger partial charge in [-0.25, -0.2) is 0 Å². The molecule has 0 aromatic heterocycles. The van der Waals surface area contributed by atoms with Gasteiger partial charge in [-0.05, 0) is 70.8 Å². The molecule has 0 aliphatic carbocycles. The summed E-state index contributed by atoms with van der Waals surface area (Å²) in [6, 6.07) is 0.316. The van der Waals surface area contributed by atoms with Crippen LogP contribution in [0.2, 0.25) is 0 Å². The van der Waals surface area contributed by atoms with Crippen LogP contribution >= 0.6 is 0 Å². The lowest BCUT2D eigenvalue weighted by molar-refractivity contribution is -0.150. The third kappa shape index (κ3) is 30.8. The summed E-state index contributed by atoms with van der Waals surface area (Å²) in [5.41, 5.74) is 0. The first kappa shape index (κ1) is 46.1. The SMILES string of the molecule is CCCCCCCC(CCCCCCC)OCC(C=O)CCC(CCCC(=O)OC(CCCCCCC)CCCCCCC)NCC. The summed E-state index contributed by atoms with van der Waals surface area (Å²) < 4.78 is 12.5. The average Bonchev–Trinajstić information content (AvgIpc) is 3.07. The van der Waals surface area contributed by atoms with Gasteiger partial charge in [0.05, 0.1) is 12.7 Å². The van der Waals surface area contributed by atoms with Crippen molar-refractivity contribution in [3.8, 4) is 0 Å². The first-order chi connectivity index (χ1) is 23.0. The number of nitrogens with one attached hydrogen (secondary N) is 1. The van der Waals surface area contributed by atoms with Crippen molar-refractivity contribution in [2.24, 2.45) is 5.92 Å². The molecule has 0 aliphatic heterocycles. The third-order valence-corrected chi connectivity index (χ3v) is 9.87. The molecule has 0 amide bonds. The average molecular weight is 666 g/mol. The number of carbonyl (C=O) groups is 2. The molecule has 2 atom stereocenters. The van der Waals surface area contributed by atoms with E-state index in [0.717, 1.165) is 77.0 Å². The molecule has 0 fully saturated rings. The second kappa shape index (κ2) is 36.3. The van der Waals surface area contributed by atoms with Crippen molar-refractivity contribution in [3.05, 3.63) is 0 Å². The largest absolute Gasteiger partial charge is 0.462 e. The number of aldehydes is 1. The lowest BCUT2D eigenvalue weighted by Gasteiger charge is -2.23. The predicted molar refractivity (Wildman–Crippen MR) is 203 cm³/mol. The molecule has 0 spiro atoms. The van der Waals surface area contributed by atoms with Crippen LogP contribution in [0.1, 0.15) is 221 Å². The Morgan fingerprint density at radius 1 is 0.532 bits per heavy atom. The summed E-state index contributed by atoms with van der Waals surface area (Å²) in [6.07, 6.45) is 35.1. The lowest BCUT2D eigenvalue weighted by Crippen LogP contribution is -2.30. The zero-order valence-corrected chi connectivity index (χ0v) is 32.4. The van der Waals surface area contributed by atoms with Crippen LogP contribution in [-0.4, -0.2) is 43.7 Å². The molecule has 0 aromatic carbocycles. The van der Waals surface area contributed by atoms with Gasteiger partial charge < -0.3 is 19.6 Å². The van der Waals surface area contributed by atoms with Crippen LogP contribution in [-0.2, 0) is 19.1 Å². The maximum absolute atomic E-state index is 12.9. The van der Waals surface area contributed by atoms with E-state index in [2.05, 4.69) is 39.9 Å². The molecule has 0 aromatic rings. The number of esters is 1. The van der Waals surface area contributed by atoms with Gasteiger partial charge in [0.15, 0.2) is 0 Å². The van der Waals surface area contributed by atoms with Crippen molar-refractivity contribution < 1.29 is 19.1 Å². The molecule has 0 saturated heterocycles. The Morgan fingerprint density at radius 2 is 0.979 bits per heavy atom. The highest BCUT2D eigenvalue weighted by Gasteiger charge is 2.18. The second-order valence-electron chi connectivity index (χ2n) is 14.5. The number of unbranched alkanes of at least 4 members (excludes halogenated alkanes) is 16. The fourth-order valence-electron chi connectivity index (χ4n) is 6.72. The van der Waals surface area contributed by atoms with E-state index in [1.807, 2.05) is 0 Å². The maximum atomic E-state index is 12.9. The van der Waals surface area contributed by atoms with E-state index in [4.69, 9.17) is 9.47 Å². The molecule has 5 heteroatoms. The highest BCUT2D eigenvalue weighted by Crippen LogP contribution is 2.20. The molecular weight excluding hydrogens is 582 g/mol. The molecule has 280 valence electrons. The Labute approximate surface area is 294 Å². The van der Waals surface area contributed by atoms with Crippen molar-refractivity contribution in [2.75, 3.05) is 13.2 Å². The smallest absolute Gasteiger partial charge is 0.306 e. The molecule has 0 saturated carbocycles. The molecule has 0 rings (SSSR count). The van der Waals surface area contributed by atoms with Gasteiger partial charge in [-0.2, -0.15) is 0 Å². The molecule has 0 heterocycles. The van der Waals surface area contributed by atoms with E-state index in [-0.39, 0.29) is 24.1 Å². The van der Waals surface area contributed by atoms with Gasteiger partial charge in [-0.15, -0.1) is 0 Å². The Hall–Kier alpha value is -0.940. The van der Waals surface area contributed by atoms with E-state index >= 15 is 0 Å². The fourth-order valence-corrected chi connectivity index (χ4v) is 6.72. The summed E-state index contributed by atoms with van der Waals surface area (Å²) in [5, 5.41) is 3.61. The number of rotatable bonds is 38. The van der Waals surface area contributed by atoms with Crippen LogP contribution in [0.15, 0.2) is 0 Å². The summed E-state index contributed by atoms with van der Waals surface area (Å²) >= 11 is 0. The van der Waals surface area contributed by atoms with Crippen LogP contribution in [0.4, 0.5) is 0 Å². The van der Waals surface area contributed by atoms with E-state index in [1.165, 1.54) is 116 Å². The van der Waals surface area contributed by atoms with E-state index in [9.17, 15) is 9.59 Å². The zero-order chi connectivity index (χ0) is 34.6. The molecule has 0 aliphatic rings. The minimum absolute atomic E-state index is 0.0260. The minimum Gasteiger partial charge on any atom is -0.462 e. The summed E-state index contributed by atoms with van der Waals surface area (Å²) in [5.74, 6) is -0.0822. The quantitative estimate of drug-likeness (QED) is 0.0404. The minimum atomic E-state index is -0.0563. The van der Waals surface area contributed by atoms with Crippen molar-refractivity contribution in [1.82, 2.24) is 5.32 Å². The Kier molecular flexibility index (Phi) is 35.6. The summed E-state index contributed by atoms with van der Waals surface area (Å²) in [4.78, 5) is 24.9. The third-order valence-electron chi connectivity index (χ3n) is 9.87. The van der Waals surface area contributed by atoms with Crippen molar-refractivity contribution in [2.45, 2.75) is 239 Å². The van der Waals surface area contributed by atoms with E-state index < -0.39 is 0 Å². The van der Waals surface area contributed by atoms with Crippen LogP contribution in [0.3, 0.4) is 0 Å².